The summed E-state index contributed by atoms with van der Waals surface area (Å²) in [4.78, 5) is 14.6. The van der Waals surface area contributed by atoms with Gasteiger partial charge in [0.05, 0.1) is 4.90 Å². The van der Waals surface area contributed by atoms with Crippen LogP contribution < -0.4 is 4.90 Å². The van der Waals surface area contributed by atoms with Crippen LogP contribution in [0.3, 0.4) is 0 Å². The smallest absolute Gasteiger partial charge is 0.258 e. The Morgan fingerprint density at radius 1 is 0.867 bits per heavy atom. The van der Waals surface area contributed by atoms with Gasteiger partial charge in [-0.15, -0.1) is 0 Å². The van der Waals surface area contributed by atoms with Gasteiger partial charge in [0.1, 0.15) is 0 Å². The van der Waals surface area contributed by atoms with Crippen molar-refractivity contribution < 1.29 is 13.2 Å². The van der Waals surface area contributed by atoms with Crippen LogP contribution in [0, 0.1) is 6.92 Å². The summed E-state index contributed by atoms with van der Waals surface area (Å²) in [5.74, 6) is -0.118. The number of nitrogens with zero attached hydrogens (tertiary/aromatic N) is 2. The summed E-state index contributed by atoms with van der Waals surface area (Å²) in [6.45, 7) is 4.34. The van der Waals surface area contributed by atoms with Gasteiger partial charge in [-0.3, -0.25) is 4.79 Å². The van der Waals surface area contributed by atoms with Crippen molar-refractivity contribution in [2.45, 2.75) is 25.3 Å². The molecular formula is C24H26N2O3S. The molecule has 0 aromatic heterocycles. The summed E-state index contributed by atoms with van der Waals surface area (Å²) >= 11 is 0. The number of benzene rings is 3. The lowest BCUT2D eigenvalue weighted by Gasteiger charge is -2.21. The minimum atomic E-state index is -3.58. The monoisotopic (exact) mass is 422 g/mol. The summed E-state index contributed by atoms with van der Waals surface area (Å²) in [6, 6.07) is 23.4. The normalized spacial score (nSPS) is 11.5. The molecule has 0 spiro atoms. The Morgan fingerprint density at radius 2 is 1.47 bits per heavy atom. The van der Waals surface area contributed by atoms with Gasteiger partial charge >= 0.3 is 0 Å². The molecule has 0 radical (unpaired) electrons. The van der Waals surface area contributed by atoms with E-state index in [9.17, 15) is 13.2 Å². The lowest BCUT2D eigenvalue weighted by molar-refractivity contribution is 0.0993. The second-order valence-corrected chi connectivity index (χ2v) is 9.08. The highest BCUT2D eigenvalue weighted by molar-refractivity contribution is 7.89. The SMILES string of the molecule is CCN(Cc1ccc(C(=O)N(C)c2ccccc2)cc1)S(=O)(=O)c1ccc(C)cc1. The van der Waals surface area contributed by atoms with E-state index in [1.165, 1.54) is 4.31 Å². The van der Waals surface area contributed by atoms with Crippen LogP contribution in [0.4, 0.5) is 5.69 Å². The topological polar surface area (TPSA) is 57.7 Å². The summed E-state index contributed by atoms with van der Waals surface area (Å²) in [6.07, 6.45) is 0. The van der Waals surface area contributed by atoms with E-state index >= 15 is 0 Å². The van der Waals surface area contributed by atoms with Crippen LogP contribution in [0.2, 0.25) is 0 Å². The molecule has 1 amide bonds. The van der Waals surface area contributed by atoms with Gasteiger partial charge in [-0.25, -0.2) is 8.42 Å². The van der Waals surface area contributed by atoms with E-state index in [-0.39, 0.29) is 17.3 Å². The van der Waals surface area contributed by atoms with Crippen molar-refractivity contribution in [3.05, 3.63) is 95.6 Å². The van der Waals surface area contributed by atoms with E-state index in [2.05, 4.69) is 0 Å². The maximum Gasteiger partial charge on any atom is 0.258 e. The number of aryl methyl sites for hydroxylation is 1. The van der Waals surface area contributed by atoms with Gasteiger partial charge in [-0.05, 0) is 48.9 Å². The largest absolute Gasteiger partial charge is 0.311 e. The average Bonchev–Trinajstić information content (AvgIpc) is 2.77. The average molecular weight is 423 g/mol. The first-order chi connectivity index (χ1) is 14.3. The first-order valence-electron chi connectivity index (χ1n) is 9.82. The third-order valence-corrected chi connectivity index (χ3v) is 6.95. The van der Waals surface area contributed by atoms with Crippen LogP contribution in [-0.2, 0) is 16.6 Å². The van der Waals surface area contributed by atoms with Gasteiger partial charge in [0.15, 0.2) is 0 Å². The Balaban J connectivity index is 1.75. The molecule has 0 saturated heterocycles. The van der Waals surface area contributed by atoms with Crippen LogP contribution in [0.25, 0.3) is 0 Å². The molecule has 3 rings (SSSR count). The molecule has 3 aromatic carbocycles. The number of carbonyl (C=O) groups is 1. The fraction of sp³-hybridized carbons (Fsp3) is 0.208. The number of hydrogen-bond acceptors (Lipinski definition) is 3. The molecule has 0 N–H and O–H groups in total. The van der Waals surface area contributed by atoms with Gasteiger partial charge in [-0.2, -0.15) is 4.31 Å². The molecule has 0 atom stereocenters. The zero-order valence-corrected chi connectivity index (χ0v) is 18.3. The van der Waals surface area contributed by atoms with Crippen molar-refractivity contribution >= 4 is 21.6 Å². The predicted octanol–water partition coefficient (Wildman–Crippen LogP) is 4.48. The number of para-hydroxylation sites is 1. The lowest BCUT2D eigenvalue weighted by Crippen LogP contribution is -2.30. The van der Waals surface area contributed by atoms with Crippen molar-refractivity contribution in [3.63, 3.8) is 0 Å². The van der Waals surface area contributed by atoms with Gasteiger partial charge in [0.2, 0.25) is 10.0 Å². The molecule has 6 heteroatoms. The number of sulfonamides is 1. The Bertz CT molecular complexity index is 1090. The second kappa shape index (κ2) is 9.24. The highest BCUT2D eigenvalue weighted by Gasteiger charge is 2.23. The Labute approximate surface area is 178 Å². The van der Waals surface area contributed by atoms with Crippen LogP contribution >= 0.6 is 0 Å². The molecule has 5 nitrogen and oxygen atoms in total. The van der Waals surface area contributed by atoms with Crippen molar-refractivity contribution in [1.29, 1.82) is 0 Å². The zero-order valence-electron chi connectivity index (χ0n) is 17.4. The van der Waals surface area contributed by atoms with Gasteiger partial charge in [-0.1, -0.05) is 55.0 Å². The molecule has 0 aliphatic heterocycles. The molecule has 0 fully saturated rings. The van der Waals surface area contributed by atoms with E-state index in [4.69, 9.17) is 0 Å². The number of anilines is 1. The molecule has 30 heavy (non-hydrogen) atoms. The van der Waals surface area contributed by atoms with Crippen molar-refractivity contribution in [3.8, 4) is 0 Å². The summed E-state index contributed by atoms with van der Waals surface area (Å²) < 4.78 is 27.4. The van der Waals surface area contributed by atoms with Crippen molar-refractivity contribution in [2.75, 3.05) is 18.5 Å². The highest BCUT2D eigenvalue weighted by Crippen LogP contribution is 2.20. The number of hydrogen-bond donors (Lipinski definition) is 0. The molecule has 0 aliphatic carbocycles. The Hall–Kier alpha value is -2.96. The second-order valence-electron chi connectivity index (χ2n) is 7.14. The molecule has 3 aromatic rings. The molecule has 0 bridgehead atoms. The maximum absolute atomic E-state index is 13.0. The van der Waals surface area contributed by atoms with E-state index in [1.807, 2.05) is 44.2 Å². The maximum atomic E-state index is 13.0. The fourth-order valence-corrected chi connectivity index (χ4v) is 4.58. The number of rotatable bonds is 7. The zero-order chi connectivity index (χ0) is 21.7. The summed E-state index contributed by atoms with van der Waals surface area (Å²) in [5, 5.41) is 0. The molecule has 0 aliphatic rings. The van der Waals surface area contributed by atoms with Crippen LogP contribution in [-0.4, -0.2) is 32.2 Å². The first-order valence-corrected chi connectivity index (χ1v) is 11.3. The van der Waals surface area contributed by atoms with E-state index in [1.54, 1.807) is 60.5 Å². The standard InChI is InChI=1S/C24H26N2O3S/c1-4-26(30(28,29)23-16-10-19(2)11-17-23)18-20-12-14-21(15-13-20)24(27)25(3)22-8-6-5-7-9-22/h5-17H,4,18H2,1-3H3. The fourth-order valence-electron chi connectivity index (χ4n) is 3.14. The number of amides is 1. The lowest BCUT2D eigenvalue weighted by atomic mass is 10.1. The molecule has 0 saturated carbocycles. The van der Waals surface area contributed by atoms with E-state index < -0.39 is 10.0 Å². The van der Waals surface area contributed by atoms with Crippen LogP contribution in [0.5, 0.6) is 0 Å². The predicted molar refractivity (Wildman–Crippen MR) is 120 cm³/mol. The first kappa shape index (κ1) is 21.7. The molecule has 0 unspecified atom stereocenters. The van der Waals surface area contributed by atoms with Crippen LogP contribution in [0.1, 0.15) is 28.4 Å². The third kappa shape index (κ3) is 4.78. The molecular weight excluding hydrogens is 396 g/mol. The Morgan fingerprint density at radius 3 is 2.03 bits per heavy atom. The van der Waals surface area contributed by atoms with E-state index in [0.29, 0.717) is 12.1 Å². The number of carbonyl (C=O) groups excluding carboxylic acids is 1. The summed E-state index contributed by atoms with van der Waals surface area (Å²) in [5.41, 5.74) is 3.20. The van der Waals surface area contributed by atoms with Gasteiger partial charge in [0, 0.05) is 31.4 Å². The Kier molecular flexibility index (Phi) is 6.70. The van der Waals surface area contributed by atoms with Gasteiger partial charge < -0.3 is 4.90 Å². The minimum Gasteiger partial charge on any atom is -0.311 e. The van der Waals surface area contributed by atoms with E-state index in [0.717, 1.165) is 16.8 Å². The molecule has 0 heterocycles. The van der Waals surface area contributed by atoms with Crippen molar-refractivity contribution in [1.82, 2.24) is 4.31 Å². The third-order valence-electron chi connectivity index (χ3n) is 5.02. The minimum absolute atomic E-state index is 0.118. The molecule has 156 valence electrons. The highest BCUT2D eigenvalue weighted by atomic mass is 32.2. The van der Waals surface area contributed by atoms with Crippen molar-refractivity contribution in [2.24, 2.45) is 0 Å². The summed E-state index contributed by atoms with van der Waals surface area (Å²) in [7, 11) is -1.85. The van der Waals surface area contributed by atoms with Crippen LogP contribution in [0.15, 0.2) is 83.8 Å². The quantitative estimate of drug-likeness (QED) is 0.564. The van der Waals surface area contributed by atoms with Gasteiger partial charge in [0.25, 0.3) is 5.91 Å².